The molecule has 9 nitrogen and oxygen atoms in total. The van der Waals surface area contributed by atoms with E-state index in [2.05, 4.69) is 15.8 Å². The average Bonchev–Trinajstić information content (AvgIpc) is 2.83. The predicted octanol–water partition coefficient (Wildman–Crippen LogP) is 2.60. The van der Waals surface area contributed by atoms with Gasteiger partial charge < -0.3 is 14.3 Å². The van der Waals surface area contributed by atoms with Gasteiger partial charge in [0.05, 0.1) is 18.0 Å². The highest BCUT2D eigenvalue weighted by molar-refractivity contribution is 6.31. The minimum absolute atomic E-state index is 0.169. The highest BCUT2D eigenvalue weighted by Gasteiger charge is 2.18. The molecule has 4 rings (SSSR count). The van der Waals surface area contributed by atoms with Gasteiger partial charge in [-0.3, -0.25) is 30.0 Å². The summed E-state index contributed by atoms with van der Waals surface area (Å²) in [5.41, 5.74) is 4.09. The van der Waals surface area contributed by atoms with Crippen molar-refractivity contribution in [3.8, 4) is 5.75 Å². The number of hydrazine groups is 1. The van der Waals surface area contributed by atoms with Gasteiger partial charge in [0.15, 0.2) is 0 Å². The number of carbonyl (C=O) groups excluding carboxylic acids is 2. The molecule has 3 N–H and O–H groups in total. The number of fused-ring (bicyclic) bond motifs is 2. The smallest absolute Gasteiger partial charge is 0.275 e. The third kappa shape index (κ3) is 4.06. The molecule has 2 heterocycles. The fourth-order valence-electron chi connectivity index (χ4n) is 3.53. The zero-order valence-corrected chi connectivity index (χ0v) is 18.4. The van der Waals surface area contributed by atoms with E-state index >= 15 is 0 Å². The largest absolute Gasteiger partial charge is 0.497 e. The molecule has 0 aliphatic heterocycles. The van der Waals surface area contributed by atoms with E-state index in [1.54, 1.807) is 34.9 Å². The Labute approximate surface area is 191 Å². The molecule has 0 fully saturated rings. The highest BCUT2D eigenvalue weighted by atomic mass is 35.5. The summed E-state index contributed by atoms with van der Waals surface area (Å²) in [6, 6.07) is 9.70. The number of aromatic nitrogens is 2. The number of methoxy groups -OCH3 is 1. The van der Waals surface area contributed by atoms with Crippen LogP contribution in [0.25, 0.3) is 21.8 Å². The quantitative estimate of drug-likeness (QED) is 0.399. The SMILES string of the molecule is CCn1cc(C(=O)NNC(=O)c2c[nH]c3ccc(Cl)cc3c2=O)c(=O)c2cc(OC)ccc21. The van der Waals surface area contributed by atoms with E-state index in [0.717, 1.165) is 0 Å². The molecule has 0 bridgehead atoms. The van der Waals surface area contributed by atoms with Crippen LogP contribution in [0.3, 0.4) is 0 Å². The second-order valence-electron chi connectivity index (χ2n) is 7.17. The van der Waals surface area contributed by atoms with Crippen molar-refractivity contribution in [2.75, 3.05) is 7.11 Å². The summed E-state index contributed by atoms with van der Waals surface area (Å²) in [4.78, 5) is 53.7. The normalized spacial score (nSPS) is 10.9. The van der Waals surface area contributed by atoms with Crippen LogP contribution in [0.15, 0.2) is 58.4 Å². The maximum atomic E-state index is 12.9. The number of nitrogens with one attached hydrogen (secondary N) is 3. The second kappa shape index (κ2) is 8.79. The number of aromatic amines is 1. The van der Waals surface area contributed by atoms with Crippen molar-refractivity contribution in [2.24, 2.45) is 0 Å². The van der Waals surface area contributed by atoms with Crippen molar-refractivity contribution in [1.82, 2.24) is 20.4 Å². The lowest BCUT2D eigenvalue weighted by atomic mass is 10.1. The van der Waals surface area contributed by atoms with Gasteiger partial charge in [-0.1, -0.05) is 11.6 Å². The van der Waals surface area contributed by atoms with Crippen molar-refractivity contribution >= 4 is 45.2 Å². The van der Waals surface area contributed by atoms with Crippen molar-refractivity contribution in [2.45, 2.75) is 13.5 Å². The van der Waals surface area contributed by atoms with E-state index in [4.69, 9.17) is 16.3 Å². The van der Waals surface area contributed by atoms with E-state index in [1.165, 1.54) is 25.6 Å². The molecule has 0 aliphatic rings. The number of ether oxygens (including phenoxy) is 1. The van der Waals surface area contributed by atoms with Crippen LogP contribution in [-0.2, 0) is 6.54 Å². The molecule has 0 saturated heterocycles. The number of nitrogens with zero attached hydrogens (tertiary/aromatic N) is 1. The van der Waals surface area contributed by atoms with Crippen LogP contribution in [0.5, 0.6) is 5.75 Å². The van der Waals surface area contributed by atoms with Crippen LogP contribution in [0.4, 0.5) is 0 Å². The highest BCUT2D eigenvalue weighted by Crippen LogP contribution is 2.19. The Morgan fingerprint density at radius 3 is 2.39 bits per heavy atom. The van der Waals surface area contributed by atoms with Crippen molar-refractivity contribution < 1.29 is 14.3 Å². The van der Waals surface area contributed by atoms with Gasteiger partial charge in [-0.25, -0.2) is 0 Å². The maximum Gasteiger partial charge on any atom is 0.275 e. The molecular formula is C23H19ClN4O5. The second-order valence-corrected chi connectivity index (χ2v) is 7.61. The monoisotopic (exact) mass is 466 g/mol. The standard InChI is InChI=1S/C23H19ClN4O5/c1-3-28-11-17(21(30)15-9-13(33-2)5-7-19(15)28)23(32)27-26-22(31)16-10-25-18-6-4-12(24)8-14(18)20(16)29/h4-11H,3H2,1-2H3,(H,25,29)(H,26,31)(H,27,32). The summed E-state index contributed by atoms with van der Waals surface area (Å²) >= 11 is 5.94. The number of H-pyrrole nitrogens is 1. The third-order valence-corrected chi connectivity index (χ3v) is 5.48. The molecule has 10 heteroatoms. The van der Waals surface area contributed by atoms with Crippen LogP contribution < -0.4 is 26.4 Å². The fourth-order valence-corrected chi connectivity index (χ4v) is 3.71. The predicted molar refractivity (Wildman–Crippen MR) is 125 cm³/mol. The average molecular weight is 467 g/mol. The Morgan fingerprint density at radius 2 is 1.70 bits per heavy atom. The zero-order chi connectivity index (χ0) is 23.7. The molecule has 168 valence electrons. The fraction of sp³-hybridized carbons (Fsp3) is 0.130. The van der Waals surface area contributed by atoms with Gasteiger partial charge in [-0.05, 0) is 43.3 Å². The third-order valence-electron chi connectivity index (χ3n) is 5.25. The molecule has 0 spiro atoms. The number of hydrogen-bond acceptors (Lipinski definition) is 5. The molecular weight excluding hydrogens is 448 g/mol. The van der Waals surface area contributed by atoms with E-state index in [9.17, 15) is 19.2 Å². The lowest BCUT2D eigenvalue weighted by molar-refractivity contribution is 0.0845. The van der Waals surface area contributed by atoms with Gasteiger partial charge in [-0.15, -0.1) is 0 Å². The van der Waals surface area contributed by atoms with E-state index in [0.29, 0.717) is 33.7 Å². The molecule has 0 radical (unpaired) electrons. The molecule has 0 saturated carbocycles. The Balaban J connectivity index is 1.63. The number of carbonyl (C=O) groups is 2. The molecule has 0 atom stereocenters. The van der Waals surface area contributed by atoms with Gasteiger partial charge >= 0.3 is 0 Å². The number of halogens is 1. The van der Waals surface area contributed by atoms with Crippen LogP contribution in [0.2, 0.25) is 5.02 Å². The van der Waals surface area contributed by atoms with E-state index < -0.39 is 22.7 Å². The number of rotatable bonds is 4. The summed E-state index contributed by atoms with van der Waals surface area (Å²) in [7, 11) is 1.48. The van der Waals surface area contributed by atoms with Crippen molar-refractivity contribution in [3.63, 3.8) is 0 Å². The van der Waals surface area contributed by atoms with Gasteiger partial charge in [0, 0.05) is 34.9 Å². The summed E-state index contributed by atoms with van der Waals surface area (Å²) in [5.74, 6) is -1.19. The zero-order valence-electron chi connectivity index (χ0n) is 17.7. The molecule has 2 aromatic heterocycles. The van der Waals surface area contributed by atoms with Crippen LogP contribution >= 0.6 is 11.6 Å². The van der Waals surface area contributed by atoms with Crippen LogP contribution in [0.1, 0.15) is 27.6 Å². The Hall–Kier alpha value is -4.11. The molecule has 4 aromatic rings. The first-order chi connectivity index (χ1) is 15.8. The number of amides is 2. The lowest BCUT2D eigenvalue weighted by Crippen LogP contribution is -2.44. The summed E-state index contributed by atoms with van der Waals surface area (Å²) in [6.45, 7) is 2.38. The van der Waals surface area contributed by atoms with Gasteiger partial charge in [0.1, 0.15) is 16.9 Å². The van der Waals surface area contributed by atoms with E-state index in [1.807, 2.05) is 6.92 Å². The number of hydrogen-bond donors (Lipinski definition) is 3. The summed E-state index contributed by atoms with van der Waals surface area (Å²) in [6.07, 6.45) is 2.66. The van der Waals surface area contributed by atoms with Crippen LogP contribution in [-0.4, -0.2) is 28.5 Å². The molecule has 0 aliphatic carbocycles. The Kier molecular flexibility index (Phi) is 5.89. The minimum atomic E-state index is -0.843. The molecule has 0 unspecified atom stereocenters. The van der Waals surface area contributed by atoms with Crippen molar-refractivity contribution in [1.29, 1.82) is 0 Å². The molecule has 2 amide bonds. The molecule has 33 heavy (non-hydrogen) atoms. The first-order valence-electron chi connectivity index (χ1n) is 9.97. The van der Waals surface area contributed by atoms with E-state index in [-0.39, 0.29) is 16.5 Å². The molecule has 2 aromatic carbocycles. The number of benzene rings is 2. The topological polar surface area (TPSA) is 122 Å². The van der Waals surface area contributed by atoms with Gasteiger partial charge in [-0.2, -0.15) is 0 Å². The summed E-state index contributed by atoms with van der Waals surface area (Å²) < 4.78 is 6.92. The Morgan fingerprint density at radius 1 is 1.00 bits per heavy atom. The summed E-state index contributed by atoms with van der Waals surface area (Å²) in [5, 5.41) is 0.882. The lowest BCUT2D eigenvalue weighted by Gasteiger charge is -2.13. The first-order valence-corrected chi connectivity index (χ1v) is 10.3. The van der Waals surface area contributed by atoms with Crippen molar-refractivity contribution in [3.05, 3.63) is 85.4 Å². The maximum absolute atomic E-state index is 12.9. The van der Waals surface area contributed by atoms with Gasteiger partial charge in [0.2, 0.25) is 10.9 Å². The number of pyridine rings is 2. The Bertz CT molecular complexity index is 1540. The van der Waals surface area contributed by atoms with Gasteiger partial charge in [0.25, 0.3) is 11.8 Å². The minimum Gasteiger partial charge on any atom is -0.497 e. The number of aryl methyl sites for hydroxylation is 1. The van der Waals surface area contributed by atoms with Crippen LogP contribution in [0, 0.1) is 0 Å². The first kappa shape index (κ1) is 22.1.